The molecule has 0 radical (unpaired) electrons. The monoisotopic (exact) mass is 546 g/mol. The third-order valence-corrected chi connectivity index (χ3v) is 8.27. The molecule has 0 spiro atoms. The van der Waals surface area contributed by atoms with Crippen LogP contribution in [0.25, 0.3) is 0 Å². The second-order valence-corrected chi connectivity index (χ2v) is 10.9. The van der Waals surface area contributed by atoms with E-state index in [1.165, 1.54) is 10.5 Å². The first kappa shape index (κ1) is 21.8. The number of hydrogen-bond donors (Lipinski definition) is 0. The van der Waals surface area contributed by atoms with Crippen molar-refractivity contribution < 1.29 is 4.84 Å². The summed E-state index contributed by atoms with van der Waals surface area (Å²) in [6.45, 7) is 0. The molecule has 0 bridgehead atoms. The number of amidine groups is 1. The number of fused-ring (bicyclic) bond motifs is 3. The molecule has 4 aromatic carbocycles. The molecule has 0 saturated heterocycles. The van der Waals surface area contributed by atoms with E-state index in [0.29, 0.717) is 6.42 Å². The van der Waals surface area contributed by atoms with Gasteiger partial charge in [0, 0.05) is 37.2 Å². The number of oxime groups is 1. The van der Waals surface area contributed by atoms with Gasteiger partial charge in [-0.1, -0.05) is 99.4 Å². The minimum absolute atomic E-state index is 0.113. The van der Waals surface area contributed by atoms with Gasteiger partial charge in [-0.2, -0.15) is 0 Å². The van der Waals surface area contributed by atoms with E-state index in [-0.39, 0.29) is 5.25 Å². The first-order valence-corrected chi connectivity index (χ1v) is 13.1. The lowest BCUT2D eigenvalue weighted by Gasteiger charge is -2.37. The highest BCUT2D eigenvalue weighted by Crippen LogP contribution is 2.56. The van der Waals surface area contributed by atoms with Gasteiger partial charge in [-0.15, -0.1) is 11.8 Å². The third kappa shape index (κ3) is 3.72. The summed E-state index contributed by atoms with van der Waals surface area (Å²) in [5.74, 6) is 0.796. The molecule has 0 aromatic heterocycles. The number of hydrogen-bond acceptors (Lipinski definition) is 4. The molecule has 3 nitrogen and oxygen atoms in total. The van der Waals surface area contributed by atoms with Gasteiger partial charge in [0.05, 0.1) is 5.69 Å². The Labute approximate surface area is 216 Å². The topological polar surface area (TPSA) is 24.8 Å². The molecule has 4 aromatic rings. The van der Waals surface area contributed by atoms with Gasteiger partial charge >= 0.3 is 0 Å². The van der Waals surface area contributed by atoms with Crippen molar-refractivity contribution in [2.24, 2.45) is 5.16 Å². The smallest absolute Gasteiger partial charge is 0.242 e. The van der Waals surface area contributed by atoms with E-state index in [1.807, 2.05) is 42.1 Å². The van der Waals surface area contributed by atoms with Gasteiger partial charge in [0.25, 0.3) is 0 Å². The summed E-state index contributed by atoms with van der Waals surface area (Å²) in [5.41, 5.74) is 3.51. The van der Waals surface area contributed by atoms with Gasteiger partial charge < -0.3 is 4.84 Å². The van der Waals surface area contributed by atoms with Gasteiger partial charge in [0.2, 0.25) is 5.72 Å². The highest BCUT2D eigenvalue weighted by molar-refractivity contribution is 9.10. The van der Waals surface area contributed by atoms with Crippen molar-refractivity contribution >= 4 is 50.8 Å². The number of rotatable bonds is 3. The summed E-state index contributed by atoms with van der Waals surface area (Å²) >= 11 is 11.9. The van der Waals surface area contributed by atoms with Crippen molar-refractivity contribution in [3.05, 3.63) is 129 Å². The van der Waals surface area contributed by atoms with Crippen LogP contribution in [0.5, 0.6) is 0 Å². The number of halogens is 2. The Morgan fingerprint density at radius 3 is 2.53 bits per heavy atom. The Morgan fingerprint density at radius 2 is 1.71 bits per heavy atom. The van der Waals surface area contributed by atoms with Crippen LogP contribution in [-0.4, -0.2) is 5.84 Å². The molecule has 168 valence electrons. The molecule has 2 atom stereocenters. The van der Waals surface area contributed by atoms with Crippen LogP contribution in [0.4, 0.5) is 5.69 Å². The summed E-state index contributed by atoms with van der Waals surface area (Å²) in [4.78, 5) is 9.96. The summed E-state index contributed by atoms with van der Waals surface area (Å²) in [6.07, 6.45) is 0.692. The number of anilines is 1. The van der Waals surface area contributed by atoms with Crippen molar-refractivity contribution in [2.75, 3.05) is 4.90 Å². The maximum Gasteiger partial charge on any atom is 0.242 e. The molecular weight excluding hydrogens is 528 g/mol. The van der Waals surface area contributed by atoms with Crippen molar-refractivity contribution in [3.63, 3.8) is 0 Å². The predicted molar refractivity (Wildman–Crippen MR) is 143 cm³/mol. The van der Waals surface area contributed by atoms with Gasteiger partial charge in [0.1, 0.15) is 0 Å². The largest absolute Gasteiger partial charge is 0.360 e. The molecule has 0 unspecified atom stereocenters. The fourth-order valence-electron chi connectivity index (χ4n) is 4.70. The average molecular weight is 548 g/mol. The average Bonchev–Trinajstić information content (AvgIpc) is 3.17. The van der Waals surface area contributed by atoms with E-state index in [4.69, 9.17) is 21.6 Å². The quantitative estimate of drug-likeness (QED) is 0.257. The van der Waals surface area contributed by atoms with Gasteiger partial charge in [-0.25, -0.2) is 0 Å². The summed E-state index contributed by atoms with van der Waals surface area (Å²) in [6, 6.07) is 35.2. The van der Waals surface area contributed by atoms with Crippen LogP contribution < -0.4 is 4.90 Å². The molecule has 2 aliphatic rings. The Bertz CT molecular complexity index is 1400. The van der Waals surface area contributed by atoms with E-state index in [0.717, 1.165) is 32.1 Å². The molecular formula is C28H20BrClN2OS. The SMILES string of the molecule is Clc1cccc([C@H]2C[C@]3(c4ccccc4)ON=C(c4cccc(Br)c4)N3c3ccccc3S2)c1. The van der Waals surface area contributed by atoms with Crippen LogP contribution in [0.2, 0.25) is 5.02 Å². The summed E-state index contributed by atoms with van der Waals surface area (Å²) in [7, 11) is 0. The number of nitrogens with zero attached hydrogens (tertiary/aromatic N) is 2. The van der Waals surface area contributed by atoms with Crippen molar-refractivity contribution in [1.29, 1.82) is 0 Å². The summed E-state index contributed by atoms with van der Waals surface area (Å²) in [5, 5.41) is 5.56. The highest BCUT2D eigenvalue weighted by Gasteiger charge is 2.52. The van der Waals surface area contributed by atoms with Crippen molar-refractivity contribution in [2.45, 2.75) is 22.3 Å². The molecule has 34 heavy (non-hydrogen) atoms. The zero-order valence-corrected chi connectivity index (χ0v) is 21.2. The zero-order valence-electron chi connectivity index (χ0n) is 18.1. The van der Waals surface area contributed by atoms with Gasteiger partial charge in [-0.05, 0) is 42.0 Å². The highest BCUT2D eigenvalue weighted by atomic mass is 79.9. The number of para-hydroxylation sites is 1. The summed E-state index contributed by atoms with van der Waals surface area (Å²) < 4.78 is 0.999. The molecule has 2 heterocycles. The van der Waals surface area contributed by atoms with Crippen LogP contribution in [0.3, 0.4) is 0 Å². The van der Waals surface area contributed by atoms with Crippen LogP contribution in [0, 0.1) is 0 Å². The molecule has 0 saturated carbocycles. The van der Waals surface area contributed by atoms with E-state index in [9.17, 15) is 0 Å². The van der Waals surface area contributed by atoms with Crippen molar-refractivity contribution in [3.8, 4) is 0 Å². The Morgan fingerprint density at radius 1 is 0.912 bits per heavy atom. The first-order valence-electron chi connectivity index (χ1n) is 11.0. The second kappa shape index (κ2) is 8.81. The molecule has 0 amide bonds. The van der Waals surface area contributed by atoms with Crippen LogP contribution >= 0.6 is 39.3 Å². The maximum atomic E-state index is 6.51. The molecule has 6 rings (SSSR count). The molecule has 6 heteroatoms. The third-order valence-electron chi connectivity index (χ3n) is 6.22. The fraction of sp³-hybridized carbons (Fsp3) is 0.107. The van der Waals surface area contributed by atoms with Gasteiger partial charge in [0.15, 0.2) is 5.84 Å². The Kier molecular flexibility index (Phi) is 5.64. The van der Waals surface area contributed by atoms with Gasteiger partial charge in [-0.3, -0.25) is 4.90 Å². The normalized spacial score (nSPS) is 21.2. The number of thioether (sulfide) groups is 1. The zero-order chi connectivity index (χ0) is 23.1. The van der Waals surface area contributed by atoms with E-state index >= 15 is 0 Å². The predicted octanol–water partition coefficient (Wildman–Crippen LogP) is 8.39. The lowest BCUT2D eigenvalue weighted by Crippen LogP contribution is -2.47. The van der Waals surface area contributed by atoms with E-state index < -0.39 is 5.72 Å². The van der Waals surface area contributed by atoms with Crippen LogP contribution in [-0.2, 0) is 10.6 Å². The Balaban J connectivity index is 1.58. The lowest BCUT2D eigenvalue weighted by molar-refractivity contribution is -0.0283. The second-order valence-electron chi connectivity index (χ2n) is 8.34. The van der Waals surface area contributed by atoms with E-state index in [1.54, 1.807) is 0 Å². The van der Waals surface area contributed by atoms with Crippen LogP contribution in [0.1, 0.15) is 28.4 Å². The molecule has 2 aliphatic heterocycles. The minimum Gasteiger partial charge on any atom is -0.360 e. The number of benzene rings is 4. The Hall–Kier alpha value is -2.73. The van der Waals surface area contributed by atoms with E-state index in [2.05, 4.69) is 93.6 Å². The lowest BCUT2D eigenvalue weighted by atomic mass is 9.92. The first-order chi connectivity index (χ1) is 16.6. The molecule has 0 N–H and O–H groups in total. The van der Waals surface area contributed by atoms with Crippen LogP contribution in [0.15, 0.2) is 118 Å². The maximum absolute atomic E-state index is 6.51. The van der Waals surface area contributed by atoms with Crippen molar-refractivity contribution in [1.82, 2.24) is 0 Å². The molecule has 0 fully saturated rings. The molecule has 0 aliphatic carbocycles. The minimum atomic E-state index is -0.800. The standard InChI is InChI=1S/C28H20BrClN2OS/c29-22-12-6-9-20(16-22)27-31-33-28(21-10-2-1-3-11-21)18-26(19-8-7-13-23(30)17-19)34-25-15-5-4-14-24(25)32(27)28/h1-17,26H,18H2/t26-,28-/m1/s1. The fourth-order valence-corrected chi connectivity index (χ4v) is 6.63.